The second kappa shape index (κ2) is 50.5. The molecule has 12 nitrogen and oxygen atoms in total. The van der Waals surface area contributed by atoms with E-state index in [1.165, 1.54) is 38.5 Å². The van der Waals surface area contributed by atoms with Crippen molar-refractivity contribution in [2.24, 2.45) is 0 Å². The number of carboxylic acids is 1. The number of ether oxygens (including phenoxy) is 5. The highest BCUT2D eigenvalue weighted by Crippen LogP contribution is 2.26. The molecule has 12 heteroatoms. The van der Waals surface area contributed by atoms with Crippen molar-refractivity contribution >= 4 is 23.9 Å². The summed E-state index contributed by atoms with van der Waals surface area (Å²) >= 11 is 0. The fourth-order valence-corrected chi connectivity index (χ4v) is 8.11. The summed E-state index contributed by atoms with van der Waals surface area (Å²) in [6.45, 7) is 5.76. The summed E-state index contributed by atoms with van der Waals surface area (Å²) in [5.74, 6) is -3.21. The van der Waals surface area contributed by atoms with Gasteiger partial charge in [-0.1, -0.05) is 189 Å². The maximum atomic E-state index is 13.1. The Morgan fingerprint density at radius 2 is 0.853 bits per heavy atom. The molecule has 0 spiro atoms. The number of carbonyl (C=O) groups excluding carboxylic acids is 3. The maximum Gasteiger partial charge on any atom is 0.335 e. The standard InChI is InChI=1S/C63H102O12/c1-4-7-10-13-16-19-22-24-26-27-28-29-31-32-35-37-40-43-46-49-55(64)71-52-54(73-56(65)50-47-44-41-38-34-21-18-15-12-9-6-3)53-72-63-61(59(68)58(67)60(75-63)62(69)70)74-57(66)51-48-45-42-39-36-33-30-25-23-20-17-14-11-8-5-2/h8,11,15-20,24-26,28-30,36,39,54,58-61,63,67-68H,4-7,9-10,12-14,21-23,27,31-35,37-38,40-53H2,1-3H3,(H,69,70)/b11-8-,18-15-,19-16-,20-17-,26-24-,29-28-,30-25-,39-36-. The minimum Gasteiger partial charge on any atom is -0.479 e. The van der Waals surface area contributed by atoms with Gasteiger partial charge in [-0.2, -0.15) is 0 Å². The van der Waals surface area contributed by atoms with Gasteiger partial charge in [0.15, 0.2) is 24.6 Å². The summed E-state index contributed by atoms with van der Waals surface area (Å²) in [5, 5.41) is 31.4. The largest absolute Gasteiger partial charge is 0.479 e. The third-order valence-corrected chi connectivity index (χ3v) is 12.6. The first kappa shape index (κ1) is 68.7. The molecule has 0 bridgehead atoms. The third-order valence-electron chi connectivity index (χ3n) is 12.6. The predicted octanol–water partition coefficient (Wildman–Crippen LogP) is 14.9. The smallest absolute Gasteiger partial charge is 0.335 e. The fourth-order valence-electron chi connectivity index (χ4n) is 8.11. The molecule has 0 aliphatic carbocycles. The zero-order valence-corrected chi connectivity index (χ0v) is 46.8. The van der Waals surface area contributed by atoms with Crippen LogP contribution < -0.4 is 0 Å². The van der Waals surface area contributed by atoms with Crippen LogP contribution in [0.2, 0.25) is 0 Å². The van der Waals surface area contributed by atoms with Crippen molar-refractivity contribution in [1.29, 1.82) is 0 Å². The Hall–Kier alpha value is -4.36. The lowest BCUT2D eigenvalue weighted by Crippen LogP contribution is -2.61. The van der Waals surface area contributed by atoms with Gasteiger partial charge in [-0.3, -0.25) is 14.4 Å². The van der Waals surface area contributed by atoms with E-state index in [1.807, 2.05) is 0 Å². The minimum atomic E-state index is -1.92. The number of carbonyl (C=O) groups is 4. The SMILES string of the molecule is CC/C=C\C/C=C\C/C=C\C/C=C\CCCCC(=O)OC1C(OCC(COC(=O)CCCCCCCC/C=C\C/C=C\C/C=C\CCCCC)OC(=O)CCCCCCC/C=C\CCCC)OC(C(=O)O)C(O)C1O. The Labute approximate surface area is 453 Å². The van der Waals surface area contributed by atoms with Crippen LogP contribution >= 0.6 is 0 Å². The molecular weight excluding hydrogens is 949 g/mol. The first-order valence-corrected chi connectivity index (χ1v) is 29.2. The summed E-state index contributed by atoms with van der Waals surface area (Å²) in [7, 11) is 0. The van der Waals surface area contributed by atoms with E-state index >= 15 is 0 Å². The Bertz CT molecular complexity index is 1670. The fraction of sp³-hybridized carbons (Fsp3) is 0.683. The van der Waals surface area contributed by atoms with E-state index in [2.05, 4.69) is 118 Å². The van der Waals surface area contributed by atoms with Gasteiger partial charge >= 0.3 is 23.9 Å². The molecule has 0 amide bonds. The molecule has 6 unspecified atom stereocenters. The van der Waals surface area contributed by atoms with Gasteiger partial charge in [0, 0.05) is 19.3 Å². The van der Waals surface area contributed by atoms with Gasteiger partial charge in [0.05, 0.1) is 6.61 Å². The number of aliphatic carboxylic acids is 1. The first-order chi connectivity index (χ1) is 36.6. The molecule has 0 aromatic rings. The van der Waals surface area contributed by atoms with Crippen LogP contribution in [0.15, 0.2) is 97.2 Å². The van der Waals surface area contributed by atoms with Crippen molar-refractivity contribution in [2.45, 2.75) is 263 Å². The number of aliphatic hydroxyl groups excluding tert-OH is 2. The van der Waals surface area contributed by atoms with E-state index in [0.29, 0.717) is 25.7 Å². The second-order valence-corrected chi connectivity index (χ2v) is 19.5. The summed E-state index contributed by atoms with van der Waals surface area (Å²) in [6, 6.07) is 0. The molecule has 0 aromatic carbocycles. The van der Waals surface area contributed by atoms with E-state index in [4.69, 9.17) is 23.7 Å². The van der Waals surface area contributed by atoms with Crippen molar-refractivity contribution < 1.29 is 58.2 Å². The molecule has 3 N–H and O–H groups in total. The molecular formula is C63H102O12. The lowest BCUT2D eigenvalue weighted by Gasteiger charge is -2.40. The molecule has 1 rings (SSSR count). The lowest BCUT2D eigenvalue weighted by atomic mass is 9.98. The molecule has 75 heavy (non-hydrogen) atoms. The average Bonchev–Trinajstić information content (AvgIpc) is 3.39. The van der Waals surface area contributed by atoms with Crippen LogP contribution in [0.1, 0.15) is 226 Å². The van der Waals surface area contributed by atoms with Crippen molar-refractivity contribution in [3.8, 4) is 0 Å². The predicted molar refractivity (Wildman–Crippen MR) is 303 cm³/mol. The Morgan fingerprint density at radius 3 is 1.36 bits per heavy atom. The zero-order chi connectivity index (χ0) is 54.7. The van der Waals surface area contributed by atoms with Gasteiger partial charge in [-0.25, -0.2) is 4.79 Å². The Morgan fingerprint density at radius 1 is 0.453 bits per heavy atom. The highest BCUT2D eigenvalue weighted by Gasteiger charge is 2.50. The van der Waals surface area contributed by atoms with Gasteiger partial charge in [0.2, 0.25) is 0 Å². The quantitative estimate of drug-likeness (QED) is 0.0228. The zero-order valence-electron chi connectivity index (χ0n) is 46.8. The van der Waals surface area contributed by atoms with E-state index in [-0.39, 0.29) is 25.9 Å². The maximum absolute atomic E-state index is 13.1. The van der Waals surface area contributed by atoms with Gasteiger partial charge in [0.25, 0.3) is 0 Å². The molecule has 426 valence electrons. The van der Waals surface area contributed by atoms with Gasteiger partial charge < -0.3 is 39.0 Å². The highest BCUT2D eigenvalue weighted by atomic mass is 16.7. The molecule has 1 fully saturated rings. The number of rotatable bonds is 48. The summed E-state index contributed by atoms with van der Waals surface area (Å²) in [6.07, 6.45) is 53.8. The van der Waals surface area contributed by atoms with Crippen molar-refractivity contribution in [1.82, 2.24) is 0 Å². The molecule has 6 atom stereocenters. The van der Waals surface area contributed by atoms with E-state index in [1.54, 1.807) is 0 Å². The van der Waals surface area contributed by atoms with Gasteiger partial charge in [-0.15, -0.1) is 0 Å². The Kier molecular flexibility index (Phi) is 46.2. The molecule has 1 saturated heterocycles. The second-order valence-electron chi connectivity index (χ2n) is 19.5. The molecule has 0 aromatic heterocycles. The molecule has 0 saturated carbocycles. The Balaban J connectivity index is 2.71. The molecule has 1 aliphatic heterocycles. The molecule has 0 radical (unpaired) electrons. The average molecular weight is 1050 g/mol. The van der Waals surface area contributed by atoms with E-state index in [9.17, 15) is 34.5 Å². The normalized spacial score (nSPS) is 18.9. The van der Waals surface area contributed by atoms with Crippen molar-refractivity contribution in [3.63, 3.8) is 0 Å². The third kappa shape index (κ3) is 40.6. The summed E-state index contributed by atoms with van der Waals surface area (Å²) < 4.78 is 28.3. The lowest BCUT2D eigenvalue weighted by molar-refractivity contribution is -0.301. The van der Waals surface area contributed by atoms with Crippen LogP contribution in [-0.4, -0.2) is 89.2 Å². The van der Waals surface area contributed by atoms with E-state index < -0.39 is 67.3 Å². The highest BCUT2D eigenvalue weighted by molar-refractivity contribution is 5.74. The number of esters is 3. The van der Waals surface area contributed by atoms with Crippen LogP contribution in [0.4, 0.5) is 0 Å². The van der Waals surface area contributed by atoms with Crippen LogP contribution in [-0.2, 0) is 42.9 Å². The first-order valence-electron chi connectivity index (χ1n) is 29.2. The number of hydrogen-bond acceptors (Lipinski definition) is 11. The number of hydrogen-bond donors (Lipinski definition) is 3. The van der Waals surface area contributed by atoms with Gasteiger partial charge in [-0.05, 0) is 116 Å². The summed E-state index contributed by atoms with van der Waals surface area (Å²) in [5.41, 5.74) is 0. The number of unbranched alkanes of at least 4 members (excludes halogenated alkanes) is 18. The summed E-state index contributed by atoms with van der Waals surface area (Å²) in [4.78, 5) is 51.0. The van der Waals surface area contributed by atoms with Crippen LogP contribution in [0.25, 0.3) is 0 Å². The van der Waals surface area contributed by atoms with Crippen LogP contribution in [0.5, 0.6) is 0 Å². The van der Waals surface area contributed by atoms with E-state index in [0.717, 1.165) is 122 Å². The number of allylic oxidation sites excluding steroid dienone is 16. The number of aliphatic hydroxyl groups is 2. The monoisotopic (exact) mass is 1050 g/mol. The topological polar surface area (TPSA) is 175 Å². The van der Waals surface area contributed by atoms with Crippen molar-refractivity contribution in [2.75, 3.05) is 13.2 Å². The minimum absolute atomic E-state index is 0.00203. The van der Waals surface area contributed by atoms with Gasteiger partial charge in [0.1, 0.15) is 18.8 Å². The number of carboxylic acid groups (broad SMARTS) is 1. The van der Waals surface area contributed by atoms with Crippen LogP contribution in [0, 0.1) is 0 Å². The van der Waals surface area contributed by atoms with Crippen molar-refractivity contribution in [3.05, 3.63) is 97.2 Å². The molecule has 1 heterocycles. The van der Waals surface area contributed by atoms with Crippen LogP contribution in [0.3, 0.4) is 0 Å². The molecule has 1 aliphatic rings.